The summed E-state index contributed by atoms with van der Waals surface area (Å²) in [7, 11) is -4.15. The number of hydrogen-bond donors (Lipinski definition) is 4. The van der Waals surface area contributed by atoms with Crippen LogP contribution in [-0.4, -0.2) is 21.1 Å². The molecule has 6 heteroatoms. The Morgan fingerprint density at radius 3 is 2.12 bits per heavy atom. The molecule has 1 aliphatic carbocycles. The monoisotopic (exact) mass is 264 g/mol. The Bertz CT molecular complexity index is 270. The molecule has 0 radical (unpaired) electrons. The van der Waals surface area contributed by atoms with E-state index in [-0.39, 0.29) is 0 Å². The van der Waals surface area contributed by atoms with E-state index in [2.05, 4.69) is 10.9 Å². The zero-order chi connectivity index (χ0) is 12.9. The number of nitrogens with one attached hydrogen (secondary N) is 2. The SMILES string of the molecule is CCC(CC)(NNC1CCCCC1)P(=O)(O)O. The first-order valence-corrected chi connectivity index (χ1v) is 8.15. The fourth-order valence-electron chi connectivity index (χ4n) is 2.39. The van der Waals surface area contributed by atoms with Crippen molar-refractivity contribution in [2.45, 2.75) is 70.1 Å². The third kappa shape index (κ3) is 3.76. The molecule has 0 amide bonds. The van der Waals surface area contributed by atoms with E-state index in [0.29, 0.717) is 18.9 Å². The molecule has 102 valence electrons. The van der Waals surface area contributed by atoms with Gasteiger partial charge in [0, 0.05) is 6.04 Å². The van der Waals surface area contributed by atoms with Gasteiger partial charge in [-0.2, -0.15) is 0 Å². The second-order valence-electron chi connectivity index (χ2n) is 4.89. The van der Waals surface area contributed by atoms with Gasteiger partial charge in [0.15, 0.2) is 0 Å². The van der Waals surface area contributed by atoms with Gasteiger partial charge in [-0.3, -0.25) is 9.99 Å². The van der Waals surface area contributed by atoms with Crippen LogP contribution in [0, 0.1) is 0 Å². The standard InChI is InChI=1S/C11H25N2O3P/c1-3-11(4-2,17(14,15)16)13-12-10-8-6-5-7-9-10/h10,12-13H,3-9H2,1-2H3,(H2,14,15,16). The van der Waals surface area contributed by atoms with E-state index < -0.39 is 12.9 Å². The van der Waals surface area contributed by atoms with E-state index in [1.54, 1.807) is 13.8 Å². The molecule has 0 aromatic carbocycles. The van der Waals surface area contributed by atoms with Crippen LogP contribution in [0.1, 0.15) is 58.8 Å². The van der Waals surface area contributed by atoms with Crippen molar-refractivity contribution in [3.63, 3.8) is 0 Å². The smallest absolute Gasteiger partial charge is 0.323 e. The van der Waals surface area contributed by atoms with Crippen LogP contribution < -0.4 is 10.9 Å². The van der Waals surface area contributed by atoms with Gasteiger partial charge < -0.3 is 9.79 Å². The number of hydrazine groups is 1. The van der Waals surface area contributed by atoms with Crippen molar-refractivity contribution < 1.29 is 14.4 Å². The Labute approximate surface area is 104 Å². The Morgan fingerprint density at radius 2 is 1.71 bits per heavy atom. The maximum atomic E-state index is 11.6. The summed E-state index contributed by atoms with van der Waals surface area (Å²) >= 11 is 0. The lowest BCUT2D eigenvalue weighted by atomic mass is 9.96. The van der Waals surface area contributed by atoms with E-state index in [1.165, 1.54) is 19.3 Å². The van der Waals surface area contributed by atoms with Gasteiger partial charge in [-0.15, -0.1) is 0 Å². The van der Waals surface area contributed by atoms with E-state index in [1.807, 2.05) is 0 Å². The quantitative estimate of drug-likeness (QED) is 0.436. The van der Waals surface area contributed by atoms with Gasteiger partial charge in [-0.1, -0.05) is 33.1 Å². The van der Waals surface area contributed by atoms with E-state index in [9.17, 15) is 14.4 Å². The molecule has 1 aliphatic rings. The third-order valence-electron chi connectivity index (χ3n) is 3.84. The second kappa shape index (κ2) is 6.30. The van der Waals surface area contributed by atoms with E-state index in [4.69, 9.17) is 0 Å². The molecule has 0 unspecified atom stereocenters. The van der Waals surface area contributed by atoms with Crippen LogP contribution in [0.2, 0.25) is 0 Å². The molecule has 1 fully saturated rings. The molecule has 0 atom stereocenters. The molecule has 17 heavy (non-hydrogen) atoms. The lowest BCUT2D eigenvalue weighted by Crippen LogP contribution is -2.55. The van der Waals surface area contributed by atoms with Crippen molar-refractivity contribution in [1.29, 1.82) is 0 Å². The van der Waals surface area contributed by atoms with Gasteiger partial charge >= 0.3 is 7.60 Å². The first-order valence-electron chi connectivity index (χ1n) is 6.53. The minimum atomic E-state index is -4.15. The van der Waals surface area contributed by atoms with Gasteiger partial charge in [-0.25, -0.2) is 5.43 Å². The van der Waals surface area contributed by atoms with E-state index in [0.717, 1.165) is 12.8 Å². The summed E-state index contributed by atoms with van der Waals surface area (Å²) in [6, 6.07) is 0.341. The highest BCUT2D eigenvalue weighted by atomic mass is 31.2. The Morgan fingerprint density at radius 1 is 1.18 bits per heavy atom. The normalized spacial score (nSPS) is 19.5. The van der Waals surface area contributed by atoms with Crippen molar-refractivity contribution in [3.8, 4) is 0 Å². The summed E-state index contributed by atoms with van der Waals surface area (Å²) in [5.74, 6) is 0. The molecule has 4 N–H and O–H groups in total. The largest absolute Gasteiger partial charge is 0.346 e. The van der Waals surface area contributed by atoms with Crippen LogP contribution in [0.3, 0.4) is 0 Å². The maximum absolute atomic E-state index is 11.6. The summed E-state index contributed by atoms with van der Waals surface area (Å²) in [5.41, 5.74) is 6.06. The first-order chi connectivity index (χ1) is 7.95. The summed E-state index contributed by atoms with van der Waals surface area (Å²) in [6.45, 7) is 3.61. The molecule has 0 saturated heterocycles. The molecule has 0 aliphatic heterocycles. The zero-order valence-corrected chi connectivity index (χ0v) is 11.7. The highest BCUT2D eigenvalue weighted by Gasteiger charge is 2.43. The van der Waals surface area contributed by atoms with Crippen molar-refractivity contribution in [1.82, 2.24) is 10.9 Å². The summed E-state index contributed by atoms with van der Waals surface area (Å²) in [5, 5.41) is -1.12. The Hall–Kier alpha value is 0.0700. The number of rotatable bonds is 6. The van der Waals surface area contributed by atoms with Crippen LogP contribution in [0.4, 0.5) is 0 Å². The average Bonchev–Trinajstić information content (AvgIpc) is 2.30. The van der Waals surface area contributed by atoms with Gasteiger partial charge in [-0.05, 0) is 25.7 Å². The summed E-state index contributed by atoms with van der Waals surface area (Å²) in [6.07, 6.45) is 6.64. The Kier molecular flexibility index (Phi) is 5.61. The highest BCUT2D eigenvalue weighted by molar-refractivity contribution is 7.53. The molecular formula is C11H25N2O3P. The molecule has 0 aromatic heterocycles. The second-order valence-corrected chi connectivity index (χ2v) is 6.83. The van der Waals surface area contributed by atoms with Crippen LogP contribution in [0.5, 0.6) is 0 Å². The third-order valence-corrected chi connectivity index (χ3v) is 5.70. The molecule has 1 saturated carbocycles. The fraction of sp³-hybridized carbons (Fsp3) is 1.00. The lowest BCUT2D eigenvalue weighted by Gasteiger charge is -2.36. The molecule has 0 aromatic rings. The van der Waals surface area contributed by atoms with Gasteiger partial charge in [0.05, 0.1) is 0 Å². The molecule has 5 nitrogen and oxygen atoms in total. The van der Waals surface area contributed by atoms with Crippen LogP contribution in [0.25, 0.3) is 0 Å². The lowest BCUT2D eigenvalue weighted by molar-refractivity contribution is 0.233. The first kappa shape index (κ1) is 15.1. The summed E-state index contributed by atoms with van der Waals surface area (Å²) < 4.78 is 11.6. The van der Waals surface area contributed by atoms with Gasteiger partial charge in [0.1, 0.15) is 5.28 Å². The Balaban J connectivity index is 2.57. The van der Waals surface area contributed by atoms with Crippen molar-refractivity contribution in [2.24, 2.45) is 0 Å². The predicted molar refractivity (Wildman–Crippen MR) is 68.5 cm³/mol. The topological polar surface area (TPSA) is 81.6 Å². The average molecular weight is 264 g/mol. The summed E-state index contributed by atoms with van der Waals surface area (Å²) in [4.78, 5) is 18.9. The van der Waals surface area contributed by atoms with Crippen LogP contribution in [-0.2, 0) is 4.57 Å². The fourth-order valence-corrected chi connectivity index (χ4v) is 3.43. The molecule has 0 spiro atoms. The van der Waals surface area contributed by atoms with Crippen molar-refractivity contribution in [2.75, 3.05) is 0 Å². The van der Waals surface area contributed by atoms with E-state index >= 15 is 0 Å². The molecule has 0 bridgehead atoms. The maximum Gasteiger partial charge on any atom is 0.346 e. The van der Waals surface area contributed by atoms with Gasteiger partial charge in [0.25, 0.3) is 0 Å². The molecule has 1 rings (SSSR count). The van der Waals surface area contributed by atoms with Gasteiger partial charge in [0.2, 0.25) is 0 Å². The minimum absolute atomic E-state index is 0.341. The zero-order valence-electron chi connectivity index (χ0n) is 10.8. The molecular weight excluding hydrogens is 239 g/mol. The highest BCUT2D eigenvalue weighted by Crippen LogP contribution is 2.52. The van der Waals surface area contributed by atoms with Crippen molar-refractivity contribution >= 4 is 7.60 Å². The van der Waals surface area contributed by atoms with Crippen LogP contribution >= 0.6 is 7.60 Å². The van der Waals surface area contributed by atoms with Crippen molar-refractivity contribution in [3.05, 3.63) is 0 Å². The molecule has 0 heterocycles. The minimum Gasteiger partial charge on any atom is -0.323 e. The number of hydrogen-bond acceptors (Lipinski definition) is 3. The predicted octanol–water partition coefficient (Wildman–Crippen LogP) is 2.11. The van der Waals surface area contributed by atoms with Crippen LogP contribution in [0.15, 0.2) is 0 Å².